The maximum absolute atomic E-state index is 11.0. The molecule has 0 saturated heterocycles. The number of aromatic nitrogens is 2. The Bertz CT molecular complexity index is 903. The first-order chi connectivity index (χ1) is 11.0. The summed E-state index contributed by atoms with van der Waals surface area (Å²) in [6, 6.07) is 14.7. The van der Waals surface area contributed by atoms with Crippen LogP contribution in [0.15, 0.2) is 48.5 Å². The summed E-state index contributed by atoms with van der Waals surface area (Å²) >= 11 is 2.28. The summed E-state index contributed by atoms with van der Waals surface area (Å²) in [6.07, 6.45) is 0. The van der Waals surface area contributed by atoms with Gasteiger partial charge in [-0.1, -0.05) is 24.3 Å². The Morgan fingerprint density at radius 1 is 1.13 bits per heavy atom. The molecule has 5 nitrogen and oxygen atoms in total. The van der Waals surface area contributed by atoms with Crippen LogP contribution in [0.2, 0.25) is 0 Å². The van der Waals surface area contributed by atoms with Crippen molar-refractivity contribution in [1.82, 2.24) is 9.78 Å². The number of nitrogens with zero attached hydrogens (tertiary/aromatic N) is 3. The molecule has 6 heteroatoms. The Labute approximate surface area is 147 Å². The molecule has 116 valence electrons. The largest absolute Gasteiger partial charge is 0.270 e. The van der Waals surface area contributed by atoms with Crippen molar-refractivity contribution in [2.45, 2.75) is 13.8 Å². The van der Waals surface area contributed by atoms with Gasteiger partial charge in [0, 0.05) is 27.0 Å². The van der Waals surface area contributed by atoms with Crippen LogP contribution in [0.25, 0.3) is 16.8 Å². The number of hydrogen-bond donors (Lipinski definition) is 0. The van der Waals surface area contributed by atoms with Crippen molar-refractivity contribution < 1.29 is 4.92 Å². The number of aryl methyl sites for hydroxylation is 1. The van der Waals surface area contributed by atoms with Gasteiger partial charge in [-0.3, -0.25) is 10.1 Å². The lowest BCUT2D eigenvalue weighted by molar-refractivity contribution is -0.384. The first-order valence-electron chi connectivity index (χ1n) is 7.05. The van der Waals surface area contributed by atoms with E-state index in [4.69, 9.17) is 0 Å². The van der Waals surface area contributed by atoms with E-state index in [2.05, 4.69) is 27.7 Å². The minimum absolute atomic E-state index is 0.0864. The fourth-order valence-corrected chi connectivity index (χ4v) is 3.31. The Balaban J connectivity index is 2.18. The lowest BCUT2D eigenvalue weighted by atomic mass is 10.0. The standard InChI is InChI=1S/C17H14IN3O2/c1-11-17(13-6-5-7-14(10-13)21(22)23)12(2)20(19-11)16-9-4-3-8-15(16)18/h3-10H,1-2H3. The van der Waals surface area contributed by atoms with Gasteiger partial charge in [-0.25, -0.2) is 4.68 Å². The summed E-state index contributed by atoms with van der Waals surface area (Å²) in [5, 5.41) is 15.6. The van der Waals surface area contributed by atoms with Gasteiger partial charge in [0.25, 0.3) is 5.69 Å². The summed E-state index contributed by atoms with van der Waals surface area (Å²) in [4.78, 5) is 10.6. The number of nitro benzene ring substituents is 1. The molecule has 1 aromatic heterocycles. The molecular weight excluding hydrogens is 405 g/mol. The van der Waals surface area contributed by atoms with Crippen molar-refractivity contribution in [1.29, 1.82) is 0 Å². The van der Waals surface area contributed by atoms with E-state index in [1.54, 1.807) is 12.1 Å². The summed E-state index contributed by atoms with van der Waals surface area (Å²) in [7, 11) is 0. The molecule has 0 fully saturated rings. The van der Waals surface area contributed by atoms with Gasteiger partial charge in [0.05, 0.1) is 16.3 Å². The van der Waals surface area contributed by atoms with Crippen LogP contribution in [0.1, 0.15) is 11.4 Å². The van der Waals surface area contributed by atoms with Crippen molar-refractivity contribution in [3.8, 4) is 16.8 Å². The zero-order valence-electron chi connectivity index (χ0n) is 12.7. The molecule has 0 amide bonds. The van der Waals surface area contributed by atoms with Gasteiger partial charge in [-0.15, -0.1) is 0 Å². The maximum atomic E-state index is 11.0. The molecule has 0 aliphatic heterocycles. The molecule has 0 bridgehead atoms. The lowest BCUT2D eigenvalue weighted by Crippen LogP contribution is -2.01. The third-order valence-electron chi connectivity index (χ3n) is 3.72. The molecule has 0 spiro atoms. The number of non-ortho nitro benzene ring substituents is 1. The average molecular weight is 419 g/mol. The first-order valence-corrected chi connectivity index (χ1v) is 8.13. The molecule has 0 aliphatic carbocycles. The molecule has 3 aromatic rings. The average Bonchev–Trinajstić information content (AvgIpc) is 2.82. The Hall–Kier alpha value is -2.22. The van der Waals surface area contributed by atoms with Gasteiger partial charge in [0.1, 0.15) is 0 Å². The first kappa shape index (κ1) is 15.7. The third kappa shape index (κ3) is 2.86. The second-order valence-corrected chi connectivity index (χ2v) is 6.38. The van der Waals surface area contributed by atoms with Crippen LogP contribution in [0.5, 0.6) is 0 Å². The number of para-hydroxylation sites is 1. The second kappa shape index (κ2) is 6.11. The highest BCUT2D eigenvalue weighted by atomic mass is 127. The maximum Gasteiger partial charge on any atom is 0.270 e. The zero-order chi connectivity index (χ0) is 16.6. The molecule has 2 aromatic carbocycles. The normalized spacial score (nSPS) is 10.7. The minimum Gasteiger partial charge on any atom is -0.258 e. The third-order valence-corrected chi connectivity index (χ3v) is 4.63. The number of hydrogen-bond acceptors (Lipinski definition) is 3. The fourth-order valence-electron chi connectivity index (χ4n) is 2.69. The fraction of sp³-hybridized carbons (Fsp3) is 0.118. The van der Waals surface area contributed by atoms with E-state index < -0.39 is 0 Å². The molecule has 0 radical (unpaired) electrons. The van der Waals surface area contributed by atoms with Crippen molar-refractivity contribution in [3.05, 3.63) is 73.6 Å². The van der Waals surface area contributed by atoms with Crippen LogP contribution in [0.4, 0.5) is 5.69 Å². The van der Waals surface area contributed by atoms with Gasteiger partial charge in [-0.05, 0) is 54.1 Å². The van der Waals surface area contributed by atoms with Crippen molar-refractivity contribution >= 4 is 28.3 Å². The number of benzene rings is 2. The zero-order valence-corrected chi connectivity index (χ0v) is 14.8. The minimum atomic E-state index is -0.376. The summed E-state index contributed by atoms with van der Waals surface area (Å²) in [6.45, 7) is 3.91. The van der Waals surface area contributed by atoms with Crippen LogP contribution >= 0.6 is 22.6 Å². The van der Waals surface area contributed by atoms with Gasteiger partial charge >= 0.3 is 0 Å². The second-order valence-electron chi connectivity index (χ2n) is 5.22. The van der Waals surface area contributed by atoms with Gasteiger partial charge in [0.15, 0.2) is 0 Å². The van der Waals surface area contributed by atoms with Crippen molar-refractivity contribution in [3.63, 3.8) is 0 Å². The number of halogens is 1. The predicted octanol–water partition coefficient (Wildman–Crippen LogP) is 4.67. The van der Waals surface area contributed by atoms with E-state index in [0.717, 1.165) is 31.8 Å². The summed E-state index contributed by atoms with van der Waals surface area (Å²) in [5.41, 5.74) is 4.66. The number of nitro groups is 1. The Morgan fingerprint density at radius 3 is 2.57 bits per heavy atom. The van der Waals surface area contributed by atoms with Gasteiger partial charge in [0.2, 0.25) is 0 Å². The molecule has 3 rings (SSSR count). The molecule has 1 heterocycles. The Kier molecular flexibility index (Phi) is 4.16. The number of rotatable bonds is 3. The molecule has 0 saturated carbocycles. The van der Waals surface area contributed by atoms with Gasteiger partial charge < -0.3 is 0 Å². The van der Waals surface area contributed by atoms with E-state index in [9.17, 15) is 10.1 Å². The van der Waals surface area contributed by atoms with Gasteiger partial charge in [-0.2, -0.15) is 5.10 Å². The molecule has 0 atom stereocenters. The molecule has 0 aliphatic rings. The Morgan fingerprint density at radius 2 is 1.87 bits per heavy atom. The smallest absolute Gasteiger partial charge is 0.258 e. The van der Waals surface area contributed by atoms with Crippen LogP contribution in [0.3, 0.4) is 0 Å². The van der Waals surface area contributed by atoms with Crippen LogP contribution in [-0.4, -0.2) is 14.7 Å². The van der Waals surface area contributed by atoms with Crippen molar-refractivity contribution in [2.24, 2.45) is 0 Å². The summed E-state index contributed by atoms with van der Waals surface area (Å²) < 4.78 is 2.99. The van der Waals surface area contributed by atoms with Crippen LogP contribution in [-0.2, 0) is 0 Å². The highest BCUT2D eigenvalue weighted by molar-refractivity contribution is 14.1. The predicted molar refractivity (Wildman–Crippen MR) is 97.8 cm³/mol. The van der Waals surface area contributed by atoms with Crippen molar-refractivity contribution in [2.75, 3.05) is 0 Å². The van der Waals surface area contributed by atoms with Crippen LogP contribution in [0, 0.1) is 27.5 Å². The SMILES string of the molecule is Cc1nn(-c2ccccc2I)c(C)c1-c1cccc([N+](=O)[O-])c1. The van der Waals surface area contributed by atoms with E-state index in [0.29, 0.717) is 0 Å². The quantitative estimate of drug-likeness (QED) is 0.352. The summed E-state index contributed by atoms with van der Waals surface area (Å²) in [5.74, 6) is 0. The monoisotopic (exact) mass is 419 g/mol. The van der Waals surface area contributed by atoms with E-state index >= 15 is 0 Å². The lowest BCUT2D eigenvalue weighted by Gasteiger charge is -2.07. The van der Waals surface area contributed by atoms with Crippen LogP contribution < -0.4 is 0 Å². The topological polar surface area (TPSA) is 61.0 Å². The molecule has 0 unspecified atom stereocenters. The molecule has 23 heavy (non-hydrogen) atoms. The molecule has 0 N–H and O–H groups in total. The highest BCUT2D eigenvalue weighted by Crippen LogP contribution is 2.31. The highest BCUT2D eigenvalue weighted by Gasteiger charge is 2.17. The van der Waals surface area contributed by atoms with E-state index in [1.165, 1.54) is 6.07 Å². The van der Waals surface area contributed by atoms with E-state index in [1.807, 2.05) is 48.9 Å². The molecular formula is C17H14IN3O2. The van der Waals surface area contributed by atoms with E-state index in [-0.39, 0.29) is 10.6 Å².